The van der Waals surface area contributed by atoms with Crippen LogP contribution in [0.4, 0.5) is 0 Å². The zero-order valence-electron chi connectivity index (χ0n) is 32.2. The third-order valence-electron chi connectivity index (χ3n) is 10.1. The van der Waals surface area contributed by atoms with Gasteiger partial charge in [0.05, 0.1) is 23.2 Å². The zero-order chi connectivity index (χ0) is 40.2. The fraction of sp³-hybridized carbons (Fsp3) is 0.372. The number of methoxy groups -OCH3 is 1. The number of fused-ring (bicyclic) bond motifs is 4. The van der Waals surface area contributed by atoms with Gasteiger partial charge in [-0.25, -0.2) is 18.1 Å². The van der Waals surface area contributed by atoms with E-state index in [0.29, 0.717) is 19.5 Å². The van der Waals surface area contributed by atoms with Crippen LogP contribution in [0.1, 0.15) is 74.2 Å². The fourth-order valence-corrected chi connectivity index (χ4v) is 7.90. The molecule has 3 aromatic carbocycles. The molecule has 0 spiro atoms. The molecule has 1 aliphatic carbocycles. The molecule has 1 aromatic heterocycles. The van der Waals surface area contributed by atoms with Crippen LogP contribution < -0.4 is 20.5 Å². The van der Waals surface area contributed by atoms with Crippen LogP contribution in [-0.2, 0) is 24.4 Å². The Labute approximate surface area is 329 Å². The number of carbonyl (C=O) groups is 4. The van der Waals surface area contributed by atoms with Crippen LogP contribution in [0.2, 0.25) is 0 Å². The topological polar surface area (TPSA) is 178 Å². The monoisotopic (exact) mass is 781 g/mol. The van der Waals surface area contributed by atoms with Gasteiger partial charge in [0.2, 0.25) is 17.7 Å². The number of nitrogens with one attached hydrogen (secondary N) is 2. The summed E-state index contributed by atoms with van der Waals surface area (Å²) >= 11 is 0. The summed E-state index contributed by atoms with van der Waals surface area (Å²) in [5.41, 5.74) is 9.70. The maximum Gasteiger partial charge on any atom is 0.264 e. The van der Waals surface area contributed by atoms with Gasteiger partial charge in [-0.05, 0) is 93.3 Å². The van der Waals surface area contributed by atoms with Crippen molar-refractivity contribution < 1.29 is 32.3 Å². The number of nitrogens with two attached hydrogens (primary N) is 1. The summed E-state index contributed by atoms with van der Waals surface area (Å²) in [7, 11) is -2.31. The summed E-state index contributed by atoms with van der Waals surface area (Å²) in [6, 6.07) is 23.8. The number of sulfonamides is 1. The molecule has 296 valence electrons. The number of ether oxygens (including phenoxy) is 1. The Bertz CT molecular complexity index is 2150. The SMILES string of the molecule is CC(=O)N1CCC[C@H]1C(N)=O.COc1ccc2c(C)cc(-c3ccccc3)nc2c1.O=C1NCCCCCC/C=C/[C@@H]2C[C@@H]2C(=O)NS(=O)(=O)c2cccc1c2. The highest BCUT2D eigenvalue weighted by Crippen LogP contribution is 2.40. The van der Waals surface area contributed by atoms with E-state index in [1.54, 1.807) is 13.2 Å². The Morgan fingerprint density at radius 3 is 2.38 bits per heavy atom. The number of hydrogen-bond donors (Lipinski definition) is 3. The van der Waals surface area contributed by atoms with Gasteiger partial charge in [-0.3, -0.25) is 19.2 Å². The van der Waals surface area contributed by atoms with Crippen molar-refractivity contribution in [1.82, 2.24) is 19.9 Å². The van der Waals surface area contributed by atoms with Gasteiger partial charge in [0.25, 0.3) is 15.9 Å². The third-order valence-corrected chi connectivity index (χ3v) is 11.4. The molecule has 4 aromatic rings. The molecule has 3 atom stereocenters. The first-order valence-electron chi connectivity index (χ1n) is 19.1. The molecule has 2 bridgehead atoms. The van der Waals surface area contributed by atoms with Crippen molar-refractivity contribution in [3.05, 3.63) is 102 Å². The highest BCUT2D eigenvalue weighted by molar-refractivity contribution is 7.90. The van der Waals surface area contributed by atoms with Crippen molar-refractivity contribution in [2.75, 3.05) is 20.2 Å². The molecule has 2 fully saturated rings. The molecule has 12 nitrogen and oxygen atoms in total. The second kappa shape index (κ2) is 19.3. The van der Waals surface area contributed by atoms with Crippen LogP contribution in [0.25, 0.3) is 22.2 Å². The minimum absolute atomic E-state index is 0.0636. The first kappa shape index (κ1) is 41.6. The van der Waals surface area contributed by atoms with Gasteiger partial charge >= 0.3 is 0 Å². The number of aryl methyl sites for hydroxylation is 1. The van der Waals surface area contributed by atoms with E-state index in [2.05, 4.69) is 47.3 Å². The maximum atomic E-state index is 12.5. The lowest BCUT2D eigenvalue weighted by Crippen LogP contribution is -2.42. The van der Waals surface area contributed by atoms with Crippen molar-refractivity contribution >= 4 is 44.6 Å². The smallest absolute Gasteiger partial charge is 0.264 e. The predicted octanol–water partition coefficient (Wildman–Crippen LogP) is 6.08. The van der Waals surface area contributed by atoms with Crippen molar-refractivity contribution in [2.24, 2.45) is 17.6 Å². The minimum atomic E-state index is -3.98. The van der Waals surface area contributed by atoms with Gasteiger partial charge in [-0.1, -0.05) is 61.4 Å². The molecule has 56 heavy (non-hydrogen) atoms. The Hall–Kier alpha value is -5.56. The molecule has 13 heteroatoms. The van der Waals surface area contributed by atoms with Crippen molar-refractivity contribution in [3.63, 3.8) is 0 Å². The maximum absolute atomic E-state index is 12.5. The van der Waals surface area contributed by atoms with Crippen LogP contribution in [0.5, 0.6) is 5.75 Å². The standard InChI is InChI=1S/C19H24N2O4S.C17H15NO.C7H12N2O2/c22-18-15-9-7-10-16(12-15)26(24,25)21-19(23)17-13-14(17)8-5-3-1-2-4-6-11-20-18;1-12-10-16(13-6-4-3-5-7-13)18-17-11-14(19-2)8-9-15(12)17;1-5(10)9-4-2-3-6(9)7(8)11/h5,7-10,12,14,17H,1-4,6,11,13H2,(H,20,22)(H,21,23);3-11H,1-2H3;6H,2-4H2,1H3,(H2,8,11)/b8-5+;;/t14-,17+;;6-/m1.0/s1. The van der Waals surface area contributed by atoms with Crippen LogP contribution in [0, 0.1) is 18.8 Å². The molecule has 4 amide bonds. The number of aromatic nitrogens is 1. The molecule has 0 radical (unpaired) electrons. The number of benzene rings is 3. The van der Waals surface area contributed by atoms with E-state index in [-0.39, 0.29) is 40.2 Å². The lowest BCUT2D eigenvalue weighted by atomic mass is 10.1. The van der Waals surface area contributed by atoms with E-state index in [4.69, 9.17) is 15.5 Å². The molecule has 7 rings (SSSR count). The molecule has 1 saturated heterocycles. The second-order valence-corrected chi connectivity index (χ2v) is 15.9. The Morgan fingerprint density at radius 1 is 0.911 bits per heavy atom. The third kappa shape index (κ3) is 11.2. The summed E-state index contributed by atoms with van der Waals surface area (Å²) in [5.74, 6) is -0.559. The van der Waals surface area contributed by atoms with E-state index in [9.17, 15) is 27.6 Å². The number of nitrogens with zero attached hydrogens (tertiary/aromatic N) is 2. The predicted molar refractivity (Wildman–Crippen MR) is 216 cm³/mol. The molecular weight excluding hydrogens is 731 g/mol. The molecule has 1 saturated carbocycles. The highest BCUT2D eigenvalue weighted by atomic mass is 32.2. The van der Waals surface area contributed by atoms with Crippen molar-refractivity contribution in [1.29, 1.82) is 0 Å². The van der Waals surface area contributed by atoms with E-state index >= 15 is 0 Å². The number of rotatable bonds is 3. The number of hydrogen-bond acceptors (Lipinski definition) is 8. The number of likely N-dealkylation sites (tertiary alicyclic amines) is 1. The largest absolute Gasteiger partial charge is 0.497 e. The summed E-state index contributed by atoms with van der Waals surface area (Å²) < 4.78 is 32.3. The van der Waals surface area contributed by atoms with Gasteiger partial charge in [0.15, 0.2) is 0 Å². The van der Waals surface area contributed by atoms with Gasteiger partial charge in [-0.15, -0.1) is 0 Å². The van der Waals surface area contributed by atoms with Crippen molar-refractivity contribution in [2.45, 2.75) is 76.2 Å². The summed E-state index contributed by atoms with van der Waals surface area (Å²) in [4.78, 5) is 52.2. The van der Waals surface area contributed by atoms with Crippen LogP contribution in [0.3, 0.4) is 0 Å². The quantitative estimate of drug-likeness (QED) is 0.210. The number of primary amides is 1. The van der Waals surface area contributed by atoms with E-state index in [0.717, 1.165) is 67.5 Å². The van der Waals surface area contributed by atoms with Crippen molar-refractivity contribution in [3.8, 4) is 17.0 Å². The minimum Gasteiger partial charge on any atom is -0.497 e. The first-order chi connectivity index (χ1) is 26.9. The average molecular weight is 782 g/mol. The van der Waals surface area contributed by atoms with Crippen LogP contribution in [-0.4, -0.2) is 68.2 Å². The number of pyridine rings is 1. The van der Waals surface area contributed by atoms with Gasteiger partial charge < -0.3 is 20.7 Å². The Morgan fingerprint density at radius 2 is 1.66 bits per heavy atom. The number of amides is 4. The van der Waals surface area contributed by atoms with Crippen LogP contribution in [0.15, 0.2) is 95.9 Å². The molecule has 2 aliphatic heterocycles. The van der Waals surface area contributed by atoms with Gasteiger partial charge in [-0.2, -0.15) is 0 Å². The number of carbonyl (C=O) groups excluding carboxylic acids is 4. The average Bonchev–Trinajstić information content (AvgIpc) is 3.79. The highest BCUT2D eigenvalue weighted by Gasteiger charge is 2.42. The zero-order valence-corrected chi connectivity index (χ0v) is 33.0. The van der Waals surface area contributed by atoms with Gasteiger partial charge in [0.1, 0.15) is 11.8 Å². The summed E-state index contributed by atoms with van der Waals surface area (Å²) in [5, 5.41) is 3.98. The summed E-state index contributed by atoms with van der Waals surface area (Å²) in [6.07, 6.45) is 11.5. The lowest BCUT2D eigenvalue weighted by molar-refractivity contribution is -0.135. The molecule has 3 aliphatic rings. The molecule has 0 unspecified atom stereocenters. The first-order valence-corrected chi connectivity index (χ1v) is 20.5. The molecule has 3 heterocycles. The van der Waals surface area contributed by atoms with E-state index in [1.165, 1.54) is 41.0 Å². The number of allylic oxidation sites excluding steroid dienone is 2. The Balaban J connectivity index is 0.000000175. The Kier molecular flexibility index (Phi) is 14.4. The summed E-state index contributed by atoms with van der Waals surface area (Å²) in [6.45, 7) is 4.80. The molecule has 4 N–H and O–H groups in total. The van der Waals surface area contributed by atoms with Crippen LogP contribution >= 0.6 is 0 Å². The fourth-order valence-electron chi connectivity index (χ4n) is 6.82. The second-order valence-electron chi connectivity index (χ2n) is 14.2. The van der Waals surface area contributed by atoms with E-state index in [1.807, 2.05) is 36.4 Å². The lowest BCUT2D eigenvalue weighted by Gasteiger charge is -2.19. The van der Waals surface area contributed by atoms with E-state index < -0.39 is 21.8 Å². The van der Waals surface area contributed by atoms with Gasteiger partial charge in [0, 0.05) is 48.5 Å². The molecular formula is C43H51N5O7S. The normalized spacial score (nSPS) is 21.2.